The summed E-state index contributed by atoms with van der Waals surface area (Å²) in [5, 5.41) is 16.8. The number of imide groups is 1. The predicted octanol–water partition coefficient (Wildman–Crippen LogP) is 4.08. The van der Waals surface area contributed by atoms with Crippen LogP contribution in [0, 0.1) is 11.6 Å². The molecule has 3 aliphatic rings. The summed E-state index contributed by atoms with van der Waals surface area (Å²) in [5.74, 6) is -2.92. The van der Waals surface area contributed by atoms with Gasteiger partial charge >= 0.3 is 10.2 Å². The second-order valence-corrected chi connectivity index (χ2v) is 18.5. The number of benzene rings is 2. The van der Waals surface area contributed by atoms with Crippen molar-refractivity contribution in [3.8, 4) is 11.1 Å². The average molecular weight is 934 g/mol. The molecule has 5 aromatic rings. The highest BCUT2D eigenvalue weighted by atomic mass is 35.5. The SMILES string of the molecule is CCN(C)S(=O)(=O)Nc1ccc(Cl)c(C(=O)c2c[nH]c3ncc(-c4cnc(N5CCN(C(=O)CC6(O)CCN(c7ccc(NC8CCC(=O)NC8=O)cc7F)CC6)CC5)nc4)cc23)c1F. The molecule has 0 aliphatic carbocycles. The van der Waals surface area contributed by atoms with Crippen LogP contribution in [0.1, 0.15) is 54.9 Å². The number of hydrogen-bond acceptors (Lipinski definition) is 13. The highest BCUT2D eigenvalue weighted by Crippen LogP contribution is 2.34. The molecule has 5 N–H and O–H groups in total. The number of carbonyl (C=O) groups excluding carboxylic acids is 4. The van der Waals surface area contributed by atoms with Crippen molar-refractivity contribution in [1.82, 2.24) is 34.5 Å². The van der Waals surface area contributed by atoms with Gasteiger partial charge < -0.3 is 30.1 Å². The maximum absolute atomic E-state index is 15.8. The first-order chi connectivity index (χ1) is 31.0. The standard InChI is InChI=1S/C43H46ClF2N11O7S/c1-3-54(2)65(63,64)53-32-6-5-30(44)37(38(32)46)39(60)29-24-48-40-28(29)18-25(21-47-40)26-22-49-42(50-23-26)57-16-14-56(15-17-57)36(59)20-43(62)10-12-55(13-11-43)34-8-4-27(19-31(34)45)51-33-7-9-35(58)52-41(33)61/h4-6,8,18-19,21-24,33,51,53,62H,3,7,9-17,20H2,1-2H3,(H,47,48)(H,52,58,61). The molecule has 18 nitrogen and oxygen atoms in total. The van der Waals surface area contributed by atoms with Gasteiger partial charge in [0.05, 0.1) is 34.0 Å². The van der Waals surface area contributed by atoms with Crippen molar-refractivity contribution in [1.29, 1.82) is 0 Å². The molecule has 342 valence electrons. The van der Waals surface area contributed by atoms with Gasteiger partial charge in [-0.25, -0.2) is 23.7 Å². The number of pyridine rings is 1. The number of aromatic amines is 1. The van der Waals surface area contributed by atoms with Crippen molar-refractivity contribution < 1.29 is 41.5 Å². The Balaban J connectivity index is 0.851. The first-order valence-corrected chi connectivity index (χ1v) is 22.8. The third kappa shape index (κ3) is 9.58. The molecule has 2 aromatic carbocycles. The van der Waals surface area contributed by atoms with E-state index in [0.717, 1.165) is 10.4 Å². The monoisotopic (exact) mass is 933 g/mol. The van der Waals surface area contributed by atoms with Gasteiger partial charge in [-0.1, -0.05) is 18.5 Å². The summed E-state index contributed by atoms with van der Waals surface area (Å²) in [5.41, 5.74) is 0.130. The minimum absolute atomic E-state index is 0.0592. The second-order valence-electron chi connectivity index (χ2n) is 16.3. The summed E-state index contributed by atoms with van der Waals surface area (Å²) in [6.07, 6.45) is 7.15. The van der Waals surface area contributed by atoms with Crippen LogP contribution in [0.25, 0.3) is 22.2 Å². The fraction of sp³-hybridized carbons (Fsp3) is 0.372. The van der Waals surface area contributed by atoms with Crippen LogP contribution in [0.2, 0.25) is 5.02 Å². The van der Waals surface area contributed by atoms with Gasteiger partial charge in [0, 0.05) is 112 Å². The zero-order valence-corrected chi connectivity index (χ0v) is 37.0. The first-order valence-electron chi connectivity index (χ1n) is 21.0. The maximum Gasteiger partial charge on any atom is 0.301 e. The number of anilines is 4. The van der Waals surface area contributed by atoms with E-state index in [2.05, 4.69) is 35.3 Å². The number of amides is 3. The number of aromatic nitrogens is 4. The summed E-state index contributed by atoms with van der Waals surface area (Å²) >= 11 is 6.30. The summed E-state index contributed by atoms with van der Waals surface area (Å²) in [4.78, 5) is 72.7. The number of aliphatic hydroxyl groups is 1. The molecular weight excluding hydrogens is 888 g/mol. The Morgan fingerprint density at radius 3 is 2.35 bits per heavy atom. The molecule has 1 atom stereocenters. The van der Waals surface area contributed by atoms with E-state index in [1.54, 1.807) is 48.6 Å². The van der Waals surface area contributed by atoms with Crippen LogP contribution < -0.4 is 25.2 Å². The summed E-state index contributed by atoms with van der Waals surface area (Å²) < 4.78 is 59.4. The number of nitrogens with zero attached hydrogens (tertiary/aromatic N) is 7. The van der Waals surface area contributed by atoms with E-state index < -0.39 is 56.4 Å². The number of hydrogen-bond donors (Lipinski definition) is 5. The molecule has 0 spiro atoms. The molecule has 3 aliphatic heterocycles. The molecule has 0 bridgehead atoms. The number of H-pyrrole nitrogens is 1. The quantitative estimate of drug-likeness (QED) is 0.0830. The van der Waals surface area contributed by atoms with Crippen LogP contribution in [0.4, 0.5) is 31.8 Å². The van der Waals surface area contributed by atoms with Crippen molar-refractivity contribution in [3.63, 3.8) is 0 Å². The highest BCUT2D eigenvalue weighted by molar-refractivity contribution is 7.90. The maximum atomic E-state index is 15.8. The molecular formula is C43H46ClF2N11O7S. The van der Waals surface area contributed by atoms with E-state index in [-0.39, 0.29) is 54.6 Å². The fourth-order valence-electron chi connectivity index (χ4n) is 8.12. The highest BCUT2D eigenvalue weighted by Gasteiger charge is 2.37. The first kappa shape index (κ1) is 45.3. The van der Waals surface area contributed by atoms with Crippen molar-refractivity contribution in [2.75, 3.05) is 72.7 Å². The van der Waals surface area contributed by atoms with Gasteiger partial charge in [0.2, 0.25) is 23.7 Å². The molecule has 0 radical (unpaired) electrons. The number of halogens is 3. The Hall–Kier alpha value is -6.29. The molecule has 1 unspecified atom stereocenters. The summed E-state index contributed by atoms with van der Waals surface area (Å²) in [6.45, 7) is 4.09. The Labute approximate surface area is 377 Å². The van der Waals surface area contributed by atoms with Crippen molar-refractivity contribution in [3.05, 3.63) is 89.0 Å². The zero-order valence-electron chi connectivity index (χ0n) is 35.4. The van der Waals surface area contributed by atoms with E-state index in [4.69, 9.17) is 11.6 Å². The molecule has 3 amide bonds. The molecule has 22 heteroatoms. The zero-order chi connectivity index (χ0) is 46.2. The van der Waals surface area contributed by atoms with Gasteiger partial charge in [0.1, 0.15) is 17.5 Å². The number of nitrogens with one attached hydrogen (secondary N) is 4. The third-order valence-electron chi connectivity index (χ3n) is 12.1. The van der Waals surface area contributed by atoms with Crippen molar-refractivity contribution >= 4 is 79.4 Å². The smallest absolute Gasteiger partial charge is 0.301 e. The van der Waals surface area contributed by atoms with Crippen molar-refractivity contribution in [2.24, 2.45) is 0 Å². The van der Waals surface area contributed by atoms with Crippen LogP contribution in [0.3, 0.4) is 0 Å². The lowest BCUT2D eigenvalue weighted by atomic mass is 9.87. The Morgan fingerprint density at radius 2 is 1.68 bits per heavy atom. The van der Waals surface area contributed by atoms with Gasteiger partial charge in [-0.2, -0.15) is 12.7 Å². The van der Waals surface area contributed by atoms with Crippen LogP contribution in [-0.4, -0.2) is 131 Å². The normalized spacial score (nSPS) is 18.0. The van der Waals surface area contributed by atoms with Gasteiger partial charge in [-0.05, 0) is 55.7 Å². The Morgan fingerprint density at radius 1 is 0.969 bits per heavy atom. The van der Waals surface area contributed by atoms with E-state index in [9.17, 15) is 32.7 Å². The van der Waals surface area contributed by atoms with Gasteiger partial charge in [0.25, 0.3) is 0 Å². The van der Waals surface area contributed by atoms with Crippen LogP contribution in [0.15, 0.2) is 61.2 Å². The Bertz CT molecular complexity index is 2780. The Kier molecular flexibility index (Phi) is 12.7. The largest absolute Gasteiger partial charge is 0.389 e. The van der Waals surface area contributed by atoms with E-state index >= 15 is 8.78 Å². The molecule has 3 aromatic heterocycles. The minimum Gasteiger partial charge on any atom is -0.389 e. The lowest BCUT2D eigenvalue weighted by Gasteiger charge is -2.41. The van der Waals surface area contributed by atoms with Crippen LogP contribution in [-0.2, 0) is 24.6 Å². The average Bonchev–Trinajstić information content (AvgIpc) is 3.72. The van der Waals surface area contributed by atoms with E-state index in [0.29, 0.717) is 85.2 Å². The molecule has 65 heavy (non-hydrogen) atoms. The molecule has 0 saturated carbocycles. The number of fused-ring (bicyclic) bond motifs is 1. The lowest BCUT2D eigenvalue weighted by Crippen LogP contribution is -2.52. The summed E-state index contributed by atoms with van der Waals surface area (Å²) in [7, 11) is -2.76. The predicted molar refractivity (Wildman–Crippen MR) is 239 cm³/mol. The van der Waals surface area contributed by atoms with Crippen molar-refractivity contribution in [2.45, 2.75) is 50.7 Å². The molecule has 8 rings (SSSR count). The van der Waals surface area contributed by atoms with Crippen LogP contribution >= 0.6 is 11.6 Å². The van der Waals surface area contributed by atoms with Gasteiger partial charge in [-0.3, -0.25) is 29.2 Å². The number of piperazine rings is 1. The van der Waals surface area contributed by atoms with E-state index in [1.165, 1.54) is 25.4 Å². The number of ketones is 1. The number of carbonyl (C=O) groups is 4. The number of piperidine rings is 2. The molecule has 3 saturated heterocycles. The van der Waals surface area contributed by atoms with Gasteiger partial charge in [-0.15, -0.1) is 0 Å². The van der Waals surface area contributed by atoms with E-state index in [1.807, 2.05) is 9.80 Å². The third-order valence-corrected chi connectivity index (χ3v) is 14.0. The fourth-order valence-corrected chi connectivity index (χ4v) is 9.28. The minimum atomic E-state index is -4.09. The van der Waals surface area contributed by atoms with Crippen LogP contribution in [0.5, 0.6) is 0 Å². The number of rotatable bonds is 13. The lowest BCUT2D eigenvalue weighted by molar-refractivity contribution is -0.138. The second kappa shape index (κ2) is 18.3. The topological polar surface area (TPSA) is 226 Å². The molecule has 6 heterocycles. The van der Waals surface area contributed by atoms with Gasteiger partial charge in [0.15, 0.2) is 11.6 Å². The summed E-state index contributed by atoms with van der Waals surface area (Å²) in [6, 6.07) is 8.03. The molecule has 3 fully saturated rings.